The predicted molar refractivity (Wildman–Crippen MR) is 71.7 cm³/mol. The van der Waals surface area contributed by atoms with Crippen LogP contribution in [0.1, 0.15) is 25.5 Å². The van der Waals surface area contributed by atoms with Gasteiger partial charge in [0.2, 0.25) is 0 Å². The standard InChI is InChI=1S/C14H16F2N2O3/c1-9(19)11(4-17)12-3-2-10(5-18-12)21-8-13(20)6-14(15,16)7-13/h2-5,20H,6-8,17H2,1H3. The molecule has 0 spiro atoms. The third-order valence-electron chi connectivity index (χ3n) is 3.24. The number of carbonyl (C=O) groups excluding carboxylic acids is 1. The number of ether oxygens (including phenoxy) is 1. The second kappa shape index (κ2) is 5.40. The first-order chi connectivity index (χ1) is 9.75. The zero-order valence-electron chi connectivity index (χ0n) is 11.5. The van der Waals surface area contributed by atoms with Gasteiger partial charge in [-0.3, -0.25) is 9.78 Å². The summed E-state index contributed by atoms with van der Waals surface area (Å²) in [6.45, 7) is 1.15. The summed E-state index contributed by atoms with van der Waals surface area (Å²) in [5, 5.41) is 9.76. The van der Waals surface area contributed by atoms with Gasteiger partial charge in [-0.2, -0.15) is 0 Å². The number of nitrogens with two attached hydrogens (primary N) is 1. The van der Waals surface area contributed by atoms with Crippen molar-refractivity contribution in [3.8, 4) is 5.75 Å². The van der Waals surface area contributed by atoms with E-state index in [1.165, 1.54) is 31.5 Å². The number of nitrogens with zero attached hydrogens (tertiary/aromatic N) is 1. The van der Waals surface area contributed by atoms with Crippen LogP contribution in [-0.4, -0.2) is 34.0 Å². The number of hydrogen-bond donors (Lipinski definition) is 2. The minimum atomic E-state index is -2.82. The number of Topliss-reactive ketones (excluding diaryl/α,β-unsaturated/α-hetero) is 1. The molecule has 0 aromatic carbocycles. The summed E-state index contributed by atoms with van der Waals surface area (Å²) in [5.74, 6) is -2.71. The van der Waals surface area contributed by atoms with Crippen molar-refractivity contribution >= 4 is 11.4 Å². The van der Waals surface area contributed by atoms with Crippen LogP contribution in [0, 0.1) is 0 Å². The zero-order valence-corrected chi connectivity index (χ0v) is 11.5. The summed E-state index contributed by atoms with van der Waals surface area (Å²) < 4.78 is 30.7. The number of allylic oxidation sites excluding steroid dienone is 1. The molecule has 0 unspecified atom stereocenters. The molecule has 1 fully saturated rings. The lowest BCUT2D eigenvalue weighted by atomic mass is 9.77. The van der Waals surface area contributed by atoms with Gasteiger partial charge in [0.15, 0.2) is 5.78 Å². The van der Waals surface area contributed by atoms with Gasteiger partial charge in [-0.15, -0.1) is 0 Å². The molecule has 1 aliphatic carbocycles. The summed E-state index contributed by atoms with van der Waals surface area (Å²) in [6, 6.07) is 3.07. The van der Waals surface area contributed by atoms with Crippen molar-refractivity contribution in [2.75, 3.05) is 6.61 Å². The van der Waals surface area contributed by atoms with Crippen molar-refractivity contribution in [2.45, 2.75) is 31.3 Å². The Labute approximate surface area is 120 Å². The van der Waals surface area contributed by atoms with Gasteiger partial charge < -0.3 is 15.6 Å². The fourth-order valence-electron chi connectivity index (χ4n) is 2.24. The maximum atomic E-state index is 12.7. The van der Waals surface area contributed by atoms with Crippen LogP contribution in [0.15, 0.2) is 24.5 Å². The minimum Gasteiger partial charge on any atom is -0.489 e. The highest BCUT2D eigenvalue weighted by Gasteiger charge is 2.56. The van der Waals surface area contributed by atoms with E-state index in [-0.39, 0.29) is 18.0 Å². The first-order valence-corrected chi connectivity index (χ1v) is 6.37. The third-order valence-corrected chi connectivity index (χ3v) is 3.24. The van der Waals surface area contributed by atoms with Gasteiger partial charge in [-0.1, -0.05) is 0 Å². The van der Waals surface area contributed by atoms with Crippen LogP contribution in [-0.2, 0) is 4.79 Å². The Morgan fingerprint density at radius 1 is 1.52 bits per heavy atom. The lowest BCUT2D eigenvalue weighted by molar-refractivity contribution is -0.215. The largest absolute Gasteiger partial charge is 0.489 e. The molecule has 5 nitrogen and oxygen atoms in total. The van der Waals surface area contributed by atoms with Crippen molar-refractivity contribution in [2.24, 2.45) is 5.73 Å². The van der Waals surface area contributed by atoms with E-state index in [4.69, 9.17) is 10.5 Å². The second-order valence-electron chi connectivity index (χ2n) is 5.24. The number of pyridine rings is 1. The first-order valence-electron chi connectivity index (χ1n) is 6.37. The Morgan fingerprint density at radius 2 is 2.19 bits per heavy atom. The number of ketones is 1. The Morgan fingerprint density at radius 3 is 2.62 bits per heavy atom. The molecule has 0 radical (unpaired) electrons. The molecule has 3 N–H and O–H groups in total. The summed E-state index contributed by atoms with van der Waals surface area (Å²) in [7, 11) is 0. The highest BCUT2D eigenvalue weighted by molar-refractivity contribution is 6.18. The maximum Gasteiger partial charge on any atom is 0.253 e. The molecule has 0 aliphatic heterocycles. The Kier molecular flexibility index (Phi) is 3.95. The minimum absolute atomic E-state index is 0.218. The molecule has 114 valence electrons. The van der Waals surface area contributed by atoms with Crippen molar-refractivity contribution < 1.29 is 23.4 Å². The van der Waals surface area contributed by atoms with E-state index in [0.29, 0.717) is 11.4 Å². The van der Waals surface area contributed by atoms with E-state index in [1.54, 1.807) is 0 Å². The van der Waals surface area contributed by atoms with Gasteiger partial charge in [-0.05, 0) is 19.1 Å². The van der Waals surface area contributed by atoms with Crippen molar-refractivity contribution in [1.82, 2.24) is 4.98 Å². The molecule has 7 heteroatoms. The van der Waals surface area contributed by atoms with Crippen LogP contribution in [0.4, 0.5) is 8.78 Å². The molecule has 1 saturated carbocycles. The van der Waals surface area contributed by atoms with Crippen LogP contribution in [0.2, 0.25) is 0 Å². The molecule has 0 amide bonds. The van der Waals surface area contributed by atoms with Gasteiger partial charge in [0.25, 0.3) is 5.92 Å². The smallest absolute Gasteiger partial charge is 0.253 e. The first kappa shape index (κ1) is 15.4. The van der Waals surface area contributed by atoms with Gasteiger partial charge >= 0.3 is 0 Å². The van der Waals surface area contributed by atoms with Crippen LogP contribution >= 0.6 is 0 Å². The molecule has 0 atom stereocenters. The molecule has 21 heavy (non-hydrogen) atoms. The molecular weight excluding hydrogens is 282 g/mol. The van der Waals surface area contributed by atoms with Gasteiger partial charge in [0.1, 0.15) is 18.0 Å². The average Bonchev–Trinajstić information content (AvgIpc) is 2.36. The van der Waals surface area contributed by atoms with Gasteiger partial charge in [0.05, 0.1) is 17.5 Å². The highest BCUT2D eigenvalue weighted by Crippen LogP contribution is 2.45. The van der Waals surface area contributed by atoms with E-state index >= 15 is 0 Å². The second-order valence-corrected chi connectivity index (χ2v) is 5.24. The predicted octanol–water partition coefficient (Wildman–Crippen LogP) is 1.51. The average molecular weight is 298 g/mol. The zero-order chi connectivity index (χ0) is 15.7. The number of aliphatic hydroxyl groups is 1. The molecule has 1 heterocycles. The van der Waals surface area contributed by atoms with Crippen LogP contribution in [0.3, 0.4) is 0 Å². The SMILES string of the molecule is CC(=O)C(=CN)c1ccc(OCC2(O)CC(F)(F)C2)cn1. The van der Waals surface area contributed by atoms with Crippen molar-refractivity contribution in [3.05, 3.63) is 30.2 Å². The number of alkyl halides is 2. The monoisotopic (exact) mass is 298 g/mol. The molecule has 0 bridgehead atoms. The summed E-state index contributed by atoms with van der Waals surface area (Å²) in [5.41, 5.74) is 4.53. The fraction of sp³-hybridized carbons (Fsp3) is 0.429. The fourth-order valence-corrected chi connectivity index (χ4v) is 2.24. The van der Waals surface area contributed by atoms with Crippen molar-refractivity contribution in [3.63, 3.8) is 0 Å². The molecule has 1 aliphatic rings. The van der Waals surface area contributed by atoms with E-state index in [2.05, 4.69) is 4.98 Å². The lowest BCUT2D eigenvalue weighted by Crippen LogP contribution is -2.55. The van der Waals surface area contributed by atoms with Gasteiger partial charge in [-0.25, -0.2) is 8.78 Å². The van der Waals surface area contributed by atoms with Crippen LogP contribution < -0.4 is 10.5 Å². The normalized spacial score (nSPS) is 19.7. The van der Waals surface area contributed by atoms with Crippen LogP contribution in [0.5, 0.6) is 5.75 Å². The lowest BCUT2D eigenvalue weighted by Gasteiger charge is -2.42. The van der Waals surface area contributed by atoms with Crippen molar-refractivity contribution in [1.29, 1.82) is 0 Å². The summed E-state index contributed by atoms with van der Waals surface area (Å²) in [4.78, 5) is 15.3. The molecule has 1 aromatic rings. The number of hydrogen-bond acceptors (Lipinski definition) is 5. The molecule has 1 aromatic heterocycles. The topological polar surface area (TPSA) is 85.4 Å². The number of rotatable bonds is 5. The third kappa shape index (κ3) is 3.55. The Hall–Kier alpha value is -2.02. The number of carbonyl (C=O) groups is 1. The molecule has 2 rings (SSSR count). The van der Waals surface area contributed by atoms with E-state index in [0.717, 1.165) is 0 Å². The summed E-state index contributed by atoms with van der Waals surface area (Å²) >= 11 is 0. The molecular formula is C14H16F2N2O3. The van der Waals surface area contributed by atoms with E-state index < -0.39 is 24.4 Å². The maximum absolute atomic E-state index is 12.7. The van der Waals surface area contributed by atoms with Gasteiger partial charge in [0, 0.05) is 19.0 Å². The molecule has 0 saturated heterocycles. The van der Waals surface area contributed by atoms with Crippen LogP contribution in [0.25, 0.3) is 5.57 Å². The number of aromatic nitrogens is 1. The number of halogens is 2. The highest BCUT2D eigenvalue weighted by atomic mass is 19.3. The quantitative estimate of drug-likeness (QED) is 0.805. The Balaban J connectivity index is 1.96. The summed E-state index contributed by atoms with van der Waals surface area (Å²) in [6.07, 6.45) is 1.32. The Bertz CT molecular complexity index is 562. The van der Waals surface area contributed by atoms with E-state index in [9.17, 15) is 18.7 Å². The van der Waals surface area contributed by atoms with E-state index in [1.807, 2.05) is 0 Å².